The average Bonchev–Trinajstić information content (AvgIpc) is 2.61. The van der Waals surface area contributed by atoms with Gasteiger partial charge in [-0.15, -0.1) is 24.2 Å². The van der Waals surface area contributed by atoms with Crippen LogP contribution in [0.15, 0.2) is 53.4 Å². The molecule has 0 aliphatic heterocycles. The molecule has 0 spiro atoms. The van der Waals surface area contributed by atoms with Crippen molar-refractivity contribution in [1.82, 2.24) is 10.2 Å². The lowest BCUT2D eigenvalue weighted by Crippen LogP contribution is -2.25. The van der Waals surface area contributed by atoms with Gasteiger partial charge >= 0.3 is 6.09 Å². The van der Waals surface area contributed by atoms with Crippen LogP contribution in [-0.2, 0) is 0 Å². The van der Waals surface area contributed by atoms with Crippen molar-refractivity contribution in [3.05, 3.63) is 59.7 Å². The summed E-state index contributed by atoms with van der Waals surface area (Å²) in [5, 5.41) is 3.36. The van der Waals surface area contributed by atoms with E-state index in [1.165, 1.54) is 20.9 Å². The maximum absolute atomic E-state index is 11.6. The van der Waals surface area contributed by atoms with Gasteiger partial charge in [-0.05, 0) is 56.0 Å². The summed E-state index contributed by atoms with van der Waals surface area (Å²) >= 11 is 1.87. The number of amides is 1. The fourth-order valence-corrected chi connectivity index (χ4v) is 3.28. The van der Waals surface area contributed by atoms with Gasteiger partial charge in [-0.1, -0.05) is 29.8 Å². The Morgan fingerprint density at radius 2 is 1.73 bits per heavy atom. The molecule has 0 radical (unpaired) electrons. The molecule has 0 aromatic heterocycles. The van der Waals surface area contributed by atoms with Crippen molar-refractivity contribution in [2.24, 2.45) is 0 Å². The summed E-state index contributed by atoms with van der Waals surface area (Å²) in [6, 6.07) is 16.6. The smallest absolute Gasteiger partial charge is 0.410 e. The first-order valence-electron chi connectivity index (χ1n) is 8.35. The molecule has 4 nitrogen and oxygen atoms in total. The monoisotopic (exact) mass is 394 g/mol. The fraction of sp³-hybridized carbons (Fsp3) is 0.350. The molecule has 2 aromatic carbocycles. The Hall–Kier alpha value is -1.69. The quantitative estimate of drug-likeness (QED) is 0.676. The topological polar surface area (TPSA) is 41.6 Å². The van der Waals surface area contributed by atoms with Crippen molar-refractivity contribution in [2.45, 2.75) is 24.3 Å². The van der Waals surface area contributed by atoms with E-state index in [9.17, 15) is 4.79 Å². The third-order valence-corrected chi connectivity index (χ3v) is 4.94. The minimum absolute atomic E-state index is 0. The van der Waals surface area contributed by atoms with E-state index in [2.05, 4.69) is 36.5 Å². The maximum Gasteiger partial charge on any atom is 0.414 e. The second-order valence-corrected chi connectivity index (χ2v) is 7.29. The number of hydrogen-bond donors (Lipinski definition) is 1. The van der Waals surface area contributed by atoms with Crippen LogP contribution < -0.4 is 10.1 Å². The molecule has 1 unspecified atom stereocenters. The van der Waals surface area contributed by atoms with Crippen LogP contribution in [0.4, 0.5) is 4.79 Å². The molecule has 1 amide bonds. The predicted octanol–water partition coefficient (Wildman–Crippen LogP) is 4.92. The summed E-state index contributed by atoms with van der Waals surface area (Å²) in [4.78, 5) is 14.3. The number of thioether (sulfide) groups is 1. The van der Waals surface area contributed by atoms with Gasteiger partial charge in [0, 0.05) is 25.0 Å². The highest BCUT2D eigenvalue weighted by Crippen LogP contribution is 2.25. The Kier molecular flexibility index (Phi) is 9.55. The zero-order valence-electron chi connectivity index (χ0n) is 15.7. The Morgan fingerprint density at radius 1 is 1.12 bits per heavy atom. The lowest BCUT2D eigenvalue weighted by molar-refractivity contribution is 0.172. The van der Waals surface area contributed by atoms with E-state index < -0.39 is 0 Å². The van der Waals surface area contributed by atoms with Gasteiger partial charge in [0.05, 0.1) is 0 Å². The number of nitrogens with zero attached hydrogens (tertiary/aromatic N) is 1. The van der Waals surface area contributed by atoms with Gasteiger partial charge in [0.2, 0.25) is 0 Å². The van der Waals surface area contributed by atoms with E-state index >= 15 is 0 Å². The Morgan fingerprint density at radius 3 is 2.27 bits per heavy atom. The van der Waals surface area contributed by atoms with Crippen molar-refractivity contribution in [2.75, 3.05) is 26.9 Å². The van der Waals surface area contributed by atoms with Gasteiger partial charge in [-0.3, -0.25) is 0 Å². The molecule has 142 valence electrons. The first kappa shape index (κ1) is 22.4. The third kappa shape index (κ3) is 6.90. The summed E-state index contributed by atoms with van der Waals surface area (Å²) in [5.41, 5.74) is 2.48. The summed E-state index contributed by atoms with van der Waals surface area (Å²) in [5.74, 6) is 1.60. The molecular weight excluding hydrogens is 368 g/mol. The molecule has 1 N–H and O–H groups in total. The van der Waals surface area contributed by atoms with Crippen LogP contribution >= 0.6 is 24.2 Å². The Bertz CT molecular complexity index is 675. The summed E-state index contributed by atoms with van der Waals surface area (Å²) < 4.78 is 5.26. The third-order valence-electron chi connectivity index (χ3n) is 3.90. The predicted molar refractivity (Wildman–Crippen MR) is 112 cm³/mol. The second-order valence-electron chi connectivity index (χ2n) is 6.12. The lowest BCUT2D eigenvalue weighted by Gasteiger charge is -2.17. The van der Waals surface area contributed by atoms with Gasteiger partial charge < -0.3 is 15.0 Å². The van der Waals surface area contributed by atoms with Crippen LogP contribution in [0.1, 0.15) is 23.6 Å². The van der Waals surface area contributed by atoms with Gasteiger partial charge in [-0.25, -0.2) is 4.79 Å². The van der Waals surface area contributed by atoms with Crippen LogP contribution in [-0.4, -0.2) is 37.9 Å². The van der Waals surface area contributed by atoms with E-state index in [-0.39, 0.29) is 24.5 Å². The largest absolute Gasteiger partial charge is 0.414 e. The highest BCUT2D eigenvalue weighted by atomic mass is 35.5. The number of halogens is 1. The highest BCUT2D eigenvalue weighted by molar-refractivity contribution is 7.99. The van der Waals surface area contributed by atoms with Gasteiger partial charge in [0.1, 0.15) is 5.75 Å². The first-order chi connectivity index (χ1) is 12.0. The summed E-state index contributed by atoms with van der Waals surface area (Å²) in [6.07, 6.45) is 0.652. The standard InChI is InChI=1S/C20H26N2O2S.ClH/c1-15-5-11-18(12-6-15)25-14-13-19(21-2)16-7-9-17(10-8-16)24-20(23)22(3)4;/h5-12,19,21H,13-14H2,1-4H3;1H. The van der Waals surface area contributed by atoms with Crippen LogP contribution in [0.5, 0.6) is 5.75 Å². The van der Waals surface area contributed by atoms with Gasteiger partial charge in [0.25, 0.3) is 0 Å². The second kappa shape index (κ2) is 11.1. The van der Waals surface area contributed by atoms with Crippen LogP contribution in [0.2, 0.25) is 0 Å². The van der Waals surface area contributed by atoms with E-state index in [0.29, 0.717) is 5.75 Å². The molecule has 6 heteroatoms. The molecule has 0 aliphatic carbocycles. The molecule has 0 bridgehead atoms. The molecular formula is C20H27ClN2O2S. The van der Waals surface area contributed by atoms with Crippen molar-refractivity contribution in [3.63, 3.8) is 0 Å². The molecule has 2 rings (SSSR count). The number of carbonyl (C=O) groups excluding carboxylic acids is 1. The number of benzene rings is 2. The van der Waals surface area contributed by atoms with Crippen molar-refractivity contribution in [3.8, 4) is 5.75 Å². The van der Waals surface area contributed by atoms with Crippen LogP contribution in [0.3, 0.4) is 0 Å². The molecule has 26 heavy (non-hydrogen) atoms. The molecule has 0 saturated heterocycles. The van der Waals surface area contributed by atoms with E-state index in [1.54, 1.807) is 14.1 Å². The van der Waals surface area contributed by atoms with Crippen LogP contribution in [0.25, 0.3) is 0 Å². The zero-order valence-corrected chi connectivity index (χ0v) is 17.3. The minimum Gasteiger partial charge on any atom is -0.410 e. The van der Waals surface area contributed by atoms with Gasteiger partial charge in [-0.2, -0.15) is 0 Å². The summed E-state index contributed by atoms with van der Waals surface area (Å²) in [6.45, 7) is 2.10. The first-order valence-corrected chi connectivity index (χ1v) is 9.34. The number of aryl methyl sites for hydroxylation is 1. The van der Waals surface area contributed by atoms with Crippen molar-refractivity contribution < 1.29 is 9.53 Å². The van der Waals surface area contributed by atoms with Gasteiger partial charge in [0.15, 0.2) is 0 Å². The van der Waals surface area contributed by atoms with Crippen molar-refractivity contribution >= 4 is 30.3 Å². The van der Waals surface area contributed by atoms with Crippen molar-refractivity contribution in [1.29, 1.82) is 0 Å². The lowest BCUT2D eigenvalue weighted by atomic mass is 10.0. The van der Waals surface area contributed by atoms with E-state index in [4.69, 9.17) is 4.74 Å². The summed E-state index contributed by atoms with van der Waals surface area (Å²) in [7, 11) is 5.31. The number of rotatable bonds is 7. The SMILES string of the molecule is CNC(CCSc1ccc(C)cc1)c1ccc(OC(=O)N(C)C)cc1.Cl. The Balaban J connectivity index is 0.00000338. The molecule has 1 atom stereocenters. The normalized spacial score (nSPS) is 11.4. The molecule has 0 saturated carbocycles. The molecule has 0 aliphatic rings. The molecule has 0 heterocycles. The number of nitrogens with one attached hydrogen (secondary N) is 1. The maximum atomic E-state index is 11.6. The fourth-order valence-electron chi connectivity index (χ4n) is 2.37. The highest BCUT2D eigenvalue weighted by Gasteiger charge is 2.11. The average molecular weight is 395 g/mol. The van der Waals surface area contributed by atoms with Crippen LogP contribution in [0, 0.1) is 6.92 Å². The minimum atomic E-state index is -0.368. The number of carbonyl (C=O) groups is 1. The Labute approximate surface area is 166 Å². The number of ether oxygens (including phenoxy) is 1. The number of hydrogen-bond acceptors (Lipinski definition) is 4. The molecule has 2 aromatic rings. The molecule has 0 fully saturated rings. The zero-order chi connectivity index (χ0) is 18.2. The van der Waals surface area contributed by atoms with E-state index in [1.807, 2.05) is 43.1 Å². The van der Waals surface area contributed by atoms with E-state index in [0.717, 1.165) is 12.2 Å².